The maximum Gasteiger partial charge on any atom is 0.125 e. The van der Waals surface area contributed by atoms with Crippen LogP contribution in [-0.2, 0) is 6.42 Å². The highest BCUT2D eigenvalue weighted by atomic mass is 32.1. The molecule has 5 heteroatoms. The number of aromatic nitrogens is 2. The highest BCUT2D eigenvalue weighted by Gasteiger charge is 2.20. The summed E-state index contributed by atoms with van der Waals surface area (Å²) in [5.74, 6) is 0.711. The van der Waals surface area contributed by atoms with Gasteiger partial charge in [0.05, 0.1) is 17.2 Å². The summed E-state index contributed by atoms with van der Waals surface area (Å²) in [6.07, 6.45) is 0.0439. The molecule has 1 heterocycles. The van der Waals surface area contributed by atoms with Gasteiger partial charge in [0.1, 0.15) is 11.9 Å². The maximum absolute atomic E-state index is 10.5. The van der Waals surface area contributed by atoms with Crippen LogP contribution < -0.4 is 4.74 Å². The molecule has 4 nitrogen and oxygen atoms in total. The minimum absolute atomic E-state index is 0.575. The number of aryl methyl sites for hydroxylation is 1. The zero-order valence-corrected chi connectivity index (χ0v) is 11.3. The number of hydrogen-bond acceptors (Lipinski definition) is 5. The lowest BCUT2D eigenvalue weighted by Crippen LogP contribution is -2.04. The summed E-state index contributed by atoms with van der Waals surface area (Å²) in [5, 5.41) is 14.5. The van der Waals surface area contributed by atoms with E-state index in [1.54, 1.807) is 0 Å². The Hall–Kier alpha value is -1.46. The number of aliphatic hydroxyl groups is 1. The van der Waals surface area contributed by atoms with Crippen LogP contribution in [0.5, 0.6) is 5.75 Å². The van der Waals surface area contributed by atoms with Crippen LogP contribution in [0.4, 0.5) is 0 Å². The fourth-order valence-corrected chi connectivity index (χ4v) is 2.55. The van der Waals surface area contributed by atoms with Crippen LogP contribution in [0, 0.1) is 0 Å². The summed E-state index contributed by atoms with van der Waals surface area (Å²) in [5.41, 5.74) is 1.61. The first kappa shape index (κ1) is 13.0. The topological polar surface area (TPSA) is 55.2 Å². The molecule has 0 spiro atoms. The summed E-state index contributed by atoms with van der Waals surface area (Å²) in [6.45, 7) is 4.50. The molecule has 0 fully saturated rings. The predicted molar refractivity (Wildman–Crippen MR) is 71.0 cm³/mol. The van der Waals surface area contributed by atoms with E-state index in [-0.39, 0.29) is 0 Å². The van der Waals surface area contributed by atoms with E-state index >= 15 is 0 Å². The van der Waals surface area contributed by atoms with Crippen molar-refractivity contribution in [1.82, 2.24) is 9.59 Å². The summed E-state index contributed by atoms with van der Waals surface area (Å²) in [6, 6.07) is 7.52. The van der Waals surface area contributed by atoms with Gasteiger partial charge in [0, 0.05) is 5.56 Å². The Balaban J connectivity index is 2.36. The Morgan fingerprint density at radius 2 is 2.11 bits per heavy atom. The monoisotopic (exact) mass is 264 g/mol. The lowest BCUT2D eigenvalue weighted by molar-refractivity contribution is 0.214. The standard InChI is InChI=1S/C13H16N2O2S/c1-3-10-13(18-15-14-10)12(16)9-7-5-6-8-11(9)17-4-2/h5-8,12,16H,3-4H2,1-2H3. The highest BCUT2D eigenvalue weighted by Crippen LogP contribution is 2.32. The number of nitrogens with zero attached hydrogens (tertiary/aromatic N) is 2. The number of benzene rings is 1. The molecule has 2 rings (SSSR count). The van der Waals surface area contributed by atoms with Gasteiger partial charge in [-0.15, -0.1) is 5.10 Å². The summed E-state index contributed by atoms with van der Waals surface area (Å²) in [7, 11) is 0. The van der Waals surface area contributed by atoms with E-state index in [9.17, 15) is 5.11 Å². The van der Waals surface area contributed by atoms with Crippen LogP contribution in [0.1, 0.15) is 36.1 Å². The second-order valence-corrected chi connectivity index (χ2v) is 4.60. The van der Waals surface area contributed by atoms with Gasteiger partial charge < -0.3 is 9.84 Å². The molecule has 2 aromatic rings. The Bertz CT molecular complexity index is 513. The quantitative estimate of drug-likeness (QED) is 0.901. The van der Waals surface area contributed by atoms with Crippen LogP contribution in [0.25, 0.3) is 0 Å². The molecule has 0 aliphatic heterocycles. The SMILES string of the molecule is CCOc1ccccc1C(O)c1snnc1CC. The Morgan fingerprint density at radius 1 is 1.33 bits per heavy atom. The zero-order valence-electron chi connectivity index (χ0n) is 10.5. The molecule has 0 saturated heterocycles. The van der Waals surface area contributed by atoms with Gasteiger partial charge in [0.25, 0.3) is 0 Å². The van der Waals surface area contributed by atoms with Crippen molar-refractivity contribution in [2.75, 3.05) is 6.61 Å². The molecule has 0 radical (unpaired) electrons. The van der Waals surface area contributed by atoms with Gasteiger partial charge in [0.2, 0.25) is 0 Å². The van der Waals surface area contributed by atoms with Crippen molar-refractivity contribution >= 4 is 11.5 Å². The molecule has 0 aliphatic carbocycles. The fourth-order valence-electron chi connectivity index (χ4n) is 1.80. The first-order chi connectivity index (χ1) is 8.77. The number of hydrogen-bond donors (Lipinski definition) is 1. The van der Waals surface area contributed by atoms with Crippen molar-refractivity contribution in [3.05, 3.63) is 40.4 Å². The largest absolute Gasteiger partial charge is 0.493 e. The third kappa shape index (κ3) is 2.52. The smallest absolute Gasteiger partial charge is 0.125 e. The lowest BCUT2D eigenvalue weighted by atomic mass is 10.1. The van der Waals surface area contributed by atoms with E-state index in [4.69, 9.17) is 4.74 Å². The molecule has 1 atom stereocenters. The number of para-hydroxylation sites is 1. The van der Waals surface area contributed by atoms with Gasteiger partial charge in [-0.1, -0.05) is 29.6 Å². The summed E-state index contributed by atoms with van der Waals surface area (Å²) >= 11 is 1.24. The van der Waals surface area contributed by atoms with Crippen LogP contribution >= 0.6 is 11.5 Å². The Morgan fingerprint density at radius 3 is 2.83 bits per heavy atom. The van der Waals surface area contributed by atoms with E-state index in [1.807, 2.05) is 38.1 Å². The molecular weight excluding hydrogens is 248 g/mol. The van der Waals surface area contributed by atoms with Crippen molar-refractivity contribution in [1.29, 1.82) is 0 Å². The molecule has 0 bridgehead atoms. The van der Waals surface area contributed by atoms with E-state index in [0.29, 0.717) is 12.4 Å². The van der Waals surface area contributed by atoms with E-state index in [2.05, 4.69) is 9.59 Å². The third-order valence-electron chi connectivity index (χ3n) is 2.68. The Labute approximate surface area is 110 Å². The second-order valence-electron chi connectivity index (χ2n) is 3.81. The first-order valence-electron chi connectivity index (χ1n) is 5.98. The molecule has 0 amide bonds. The fraction of sp³-hybridized carbons (Fsp3) is 0.385. The third-order valence-corrected chi connectivity index (χ3v) is 3.50. The van der Waals surface area contributed by atoms with Crippen molar-refractivity contribution in [2.45, 2.75) is 26.4 Å². The van der Waals surface area contributed by atoms with Gasteiger partial charge in [-0.05, 0) is 30.9 Å². The lowest BCUT2D eigenvalue weighted by Gasteiger charge is -2.14. The van der Waals surface area contributed by atoms with Crippen LogP contribution in [0.15, 0.2) is 24.3 Å². The minimum Gasteiger partial charge on any atom is -0.493 e. The predicted octanol–water partition coefficient (Wildman–Crippen LogP) is 2.58. The minimum atomic E-state index is -0.720. The van der Waals surface area contributed by atoms with Gasteiger partial charge in [-0.3, -0.25) is 0 Å². The molecule has 1 unspecified atom stereocenters. The maximum atomic E-state index is 10.5. The van der Waals surface area contributed by atoms with E-state index < -0.39 is 6.10 Å². The number of aliphatic hydroxyl groups excluding tert-OH is 1. The summed E-state index contributed by atoms with van der Waals surface area (Å²) in [4.78, 5) is 0.796. The number of rotatable bonds is 5. The van der Waals surface area contributed by atoms with Crippen molar-refractivity contribution in [3.8, 4) is 5.75 Å². The van der Waals surface area contributed by atoms with E-state index in [0.717, 1.165) is 22.6 Å². The average molecular weight is 264 g/mol. The van der Waals surface area contributed by atoms with Gasteiger partial charge in [0.15, 0.2) is 0 Å². The van der Waals surface area contributed by atoms with Gasteiger partial charge in [-0.2, -0.15) is 0 Å². The van der Waals surface area contributed by atoms with Crippen molar-refractivity contribution < 1.29 is 9.84 Å². The molecule has 18 heavy (non-hydrogen) atoms. The Kier molecular flexibility index (Phi) is 4.28. The van der Waals surface area contributed by atoms with E-state index in [1.165, 1.54) is 11.5 Å². The molecule has 0 saturated carbocycles. The van der Waals surface area contributed by atoms with Gasteiger partial charge in [-0.25, -0.2) is 0 Å². The highest BCUT2D eigenvalue weighted by molar-refractivity contribution is 7.05. The van der Waals surface area contributed by atoms with Crippen LogP contribution in [-0.4, -0.2) is 21.3 Å². The van der Waals surface area contributed by atoms with Gasteiger partial charge >= 0.3 is 0 Å². The van der Waals surface area contributed by atoms with Crippen LogP contribution in [0.3, 0.4) is 0 Å². The van der Waals surface area contributed by atoms with Crippen molar-refractivity contribution in [3.63, 3.8) is 0 Å². The molecule has 1 aromatic heterocycles. The summed E-state index contributed by atoms with van der Waals surface area (Å²) < 4.78 is 9.44. The molecule has 1 aromatic carbocycles. The first-order valence-corrected chi connectivity index (χ1v) is 6.76. The molecule has 1 N–H and O–H groups in total. The molecule has 0 aliphatic rings. The van der Waals surface area contributed by atoms with Crippen molar-refractivity contribution in [2.24, 2.45) is 0 Å². The number of ether oxygens (including phenoxy) is 1. The average Bonchev–Trinajstić information content (AvgIpc) is 2.87. The second kappa shape index (κ2) is 5.93. The zero-order chi connectivity index (χ0) is 13.0. The normalized spacial score (nSPS) is 12.4. The molecular formula is C13H16N2O2S. The van der Waals surface area contributed by atoms with Crippen LogP contribution in [0.2, 0.25) is 0 Å². The molecule has 96 valence electrons.